The summed E-state index contributed by atoms with van der Waals surface area (Å²) < 4.78 is 5.38. The van der Waals surface area contributed by atoms with Crippen molar-refractivity contribution < 1.29 is 9.53 Å². The van der Waals surface area contributed by atoms with Crippen molar-refractivity contribution in [2.45, 2.75) is 19.9 Å². The molecule has 1 amide bonds. The highest BCUT2D eigenvalue weighted by Gasteiger charge is 2.17. The Bertz CT molecular complexity index is 778. The number of carbonyl (C=O) groups is 1. The van der Waals surface area contributed by atoms with Gasteiger partial charge in [0.2, 0.25) is 0 Å². The summed E-state index contributed by atoms with van der Waals surface area (Å²) in [6.45, 7) is 4.06. The maximum atomic E-state index is 12.5. The highest BCUT2D eigenvalue weighted by molar-refractivity contribution is 6.35. The Morgan fingerprint density at radius 3 is 2.88 bits per heavy atom. The first kappa shape index (κ1) is 17.1. The van der Waals surface area contributed by atoms with Crippen LogP contribution in [0.2, 0.25) is 10.0 Å². The zero-order valence-electron chi connectivity index (χ0n) is 13.3. The molecule has 0 radical (unpaired) electrons. The first-order valence-electron chi connectivity index (χ1n) is 7.84. The van der Waals surface area contributed by atoms with Crippen LogP contribution in [0.5, 0.6) is 5.75 Å². The van der Waals surface area contributed by atoms with Crippen LogP contribution in [0, 0.1) is 0 Å². The summed E-state index contributed by atoms with van der Waals surface area (Å²) >= 11 is 12.6. The van der Waals surface area contributed by atoms with Crippen molar-refractivity contribution in [3.05, 3.63) is 57.1 Å². The normalized spacial score (nSPS) is 13.3. The summed E-state index contributed by atoms with van der Waals surface area (Å²) in [6, 6.07) is 8.83. The van der Waals surface area contributed by atoms with Crippen molar-refractivity contribution in [1.29, 1.82) is 0 Å². The highest BCUT2D eigenvalue weighted by Crippen LogP contribution is 2.31. The van der Waals surface area contributed by atoms with Gasteiger partial charge in [0, 0.05) is 12.1 Å². The number of fused-ring (bicyclic) bond motifs is 1. The number of rotatable bonds is 4. The number of hydrogen-bond donors (Lipinski definition) is 2. The SMILES string of the molecule is CCOc1ccc(C(=O)Nc2ccc3c(c2Cl)CNCC3)cc1Cl. The van der Waals surface area contributed by atoms with Crippen LogP contribution in [0.3, 0.4) is 0 Å². The molecule has 0 saturated carbocycles. The molecule has 4 nitrogen and oxygen atoms in total. The monoisotopic (exact) mass is 364 g/mol. The Hall–Kier alpha value is -1.75. The van der Waals surface area contributed by atoms with Gasteiger partial charge in [-0.1, -0.05) is 29.3 Å². The van der Waals surface area contributed by atoms with Gasteiger partial charge in [0.15, 0.2) is 0 Å². The van der Waals surface area contributed by atoms with E-state index in [0.717, 1.165) is 18.5 Å². The lowest BCUT2D eigenvalue weighted by molar-refractivity contribution is 0.102. The number of hydrogen-bond acceptors (Lipinski definition) is 3. The molecule has 0 bridgehead atoms. The molecule has 0 saturated heterocycles. The topological polar surface area (TPSA) is 50.4 Å². The van der Waals surface area contributed by atoms with Crippen molar-refractivity contribution >= 4 is 34.8 Å². The van der Waals surface area contributed by atoms with Crippen LogP contribution in [0.15, 0.2) is 30.3 Å². The third kappa shape index (κ3) is 3.51. The summed E-state index contributed by atoms with van der Waals surface area (Å²) in [5, 5.41) is 7.14. The molecule has 126 valence electrons. The van der Waals surface area contributed by atoms with Crippen molar-refractivity contribution in [2.24, 2.45) is 0 Å². The predicted octanol–water partition coefficient (Wildman–Crippen LogP) is 4.29. The van der Waals surface area contributed by atoms with Gasteiger partial charge in [-0.25, -0.2) is 0 Å². The molecule has 1 heterocycles. The predicted molar refractivity (Wildman–Crippen MR) is 97.4 cm³/mol. The van der Waals surface area contributed by atoms with E-state index in [-0.39, 0.29) is 5.91 Å². The number of halogens is 2. The van der Waals surface area contributed by atoms with Gasteiger partial charge >= 0.3 is 0 Å². The van der Waals surface area contributed by atoms with Gasteiger partial charge in [0.05, 0.1) is 22.3 Å². The van der Waals surface area contributed by atoms with Gasteiger partial charge in [-0.15, -0.1) is 0 Å². The van der Waals surface area contributed by atoms with Crippen molar-refractivity contribution in [3.8, 4) is 5.75 Å². The van der Waals surface area contributed by atoms with Crippen LogP contribution < -0.4 is 15.4 Å². The molecule has 0 unspecified atom stereocenters. The molecule has 0 fully saturated rings. The van der Waals surface area contributed by atoms with Crippen LogP contribution in [-0.4, -0.2) is 19.1 Å². The maximum Gasteiger partial charge on any atom is 0.255 e. The summed E-state index contributed by atoms with van der Waals surface area (Å²) in [7, 11) is 0. The van der Waals surface area contributed by atoms with E-state index in [4.69, 9.17) is 27.9 Å². The van der Waals surface area contributed by atoms with E-state index in [1.54, 1.807) is 18.2 Å². The van der Waals surface area contributed by atoms with Crippen LogP contribution in [0.25, 0.3) is 0 Å². The minimum atomic E-state index is -0.259. The molecule has 1 aliphatic heterocycles. The van der Waals surface area contributed by atoms with E-state index in [9.17, 15) is 4.79 Å². The second kappa shape index (κ2) is 7.43. The Labute approximate surface area is 151 Å². The molecule has 0 aliphatic carbocycles. The fourth-order valence-electron chi connectivity index (χ4n) is 2.73. The van der Waals surface area contributed by atoms with E-state index in [1.807, 2.05) is 19.1 Å². The first-order chi connectivity index (χ1) is 11.6. The molecule has 0 atom stereocenters. The zero-order valence-corrected chi connectivity index (χ0v) is 14.8. The lowest BCUT2D eigenvalue weighted by Crippen LogP contribution is -2.24. The summed E-state index contributed by atoms with van der Waals surface area (Å²) in [6.07, 6.45) is 0.942. The third-order valence-electron chi connectivity index (χ3n) is 3.96. The molecule has 0 aromatic heterocycles. The standard InChI is InChI=1S/C18H18Cl2N2O2/c1-2-24-16-6-4-12(9-14(16)19)18(23)22-15-5-3-11-7-8-21-10-13(11)17(15)20/h3-6,9,21H,2,7-8,10H2,1H3,(H,22,23). The molecule has 6 heteroatoms. The number of anilines is 1. The van der Waals surface area contributed by atoms with E-state index < -0.39 is 0 Å². The number of nitrogens with one attached hydrogen (secondary N) is 2. The van der Waals surface area contributed by atoms with Crippen molar-refractivity contribution in [2.75, 3.05) is 18.5 Å². The minimum absolute atomic E-state index is 0.259. The molecule has 3 rings (SSSR count). The van der Waals surface area contributed by atoms with Crippen molar-refractivity contribution in [1.82, 2.24) is 5.32 Å². The zero-order chi connectivity index (χ0) is 17.1. The average molecular weight is 365 g/mol. The third-order valence-corrected chi connectivity index (χ3v) is 4.68. The van der Waals surface area contributed by atoms with Gasteiger partial charge < -0.3 is 15.4 Å². The molecular formula is C18H18Cl2N2O2. The fourth-order valence-corrected chi connectivity index (χ4v) is 3.26. The Morgan fingerprint density at radius 1 is 1.29 bits per heavy atom. The molecule has 2 aromatic rings. The summed E-state index contributed by atoms with van der Waals surface area (Å²) in [5.41, 5.74) is 3.33. The highest BCUT2D eigenvalue weighted by atomic mass is 35.5. The Morgan fingerprint density at radius 2 is 2.12 bits per heavy atom. The van der Waals surface area contributed by atoms with Crippen LogP contribution >= 0.6 is 23.2 Å². The van der Waals surface area contributed by atoms with Gasteiger partial charge in [-0.2, -0.15) is 0 Å². The quantitative estimate of drug-likeness (QED) is 0.850. The Balaban J connectivity index is 1.81. The van der Waals surface area contributed by atoms with Crippen LogP contribution in [0.1, 0.15) is 28.4 Å². The lowest BCUT2D eigenvalue weighted by Gasteiger charge is -2.20. The second-order valence-electron chi connectivity index (χ2n) is 5.52. The molecule has 0 spiro atoms. The molecule has 1 aliphatic rings. The first-order valence-corrected chi connectivity index (χ1v) is 8.60. The van der Waals surface area contributed by atoms with Gasteiger partial charge in [0.1, 0.15) is 5.75 Å². The maximum absolute atomic E-state index is 12.5. The van der Waals surface area contributed by atoms with E-state index in [2.05, 4.69) is 10.6 Å². The Kier molecular flexibility index (Phi) is 5.29. The van der Waals surface area contributed by atoms with E-state index in [1.165, 1.54) is 5.56 Å². The fraction of sp³-hybridized carbons (Fsp3) is 0.278. The molecule has 24 heavy (non-hydrogen) atoms. The average Bonchev–Trinajstić information content (AvgIpc) is 2.59. The van der Waals surface area contributed by atoms with Gasteiger partial charge in [0.25, 0.3) is 5.91 Å². The minimum Gasteiger partial charge on any atom is -0.492 e. The number of ether oxygens (including phenoxy) is 1. The van der Waals surface area contributed by atoms with Gasteiger partial charge in [-0.3, -0.25) is 4.79 Å². The van der Waals surface area contributed by atoms with Crippen molar-refractivity contribution in [3.63, 3.8) is 0 Å². The molecule has 2 aromatic carbocycles. The number of amides is 1. The lowest BCUT2D eigenvalue weighted by atomic mass is 10.00. The van der Waals surface area contributed by atoms with Crippen LogP contribution in [0.4, 0.5) is 5.69 Å². The smallest absolute Gasteiger partial charge is 0.255 e. The molecular weight excluding hydrogens is 347 g/mol. The second-order valence-corrected chi connectivity index (χ2v) is 6.31. The number of carbonyl (C=O) groups excluding carboxylic acids is 1. The largest absolute Gasteiger partial charge is 0.492 e. The van der Waals surface area contributed by atoms with Crippen LogP contribution in [-0.2, 0) is 13.0 Å². The number of benzene rings is 2. The summed E-state index contributed by atoms with van der Waals surface area (Å²) in [5.74, 6) is 0.305. The van der Waals surface area contributed by atoms with Gasteiger partial charge in [-0.05, 0) is 55.3 Å². The van der Waals surface area contributed by atoms with E-state index in [0.29, 0.717) is 40.2 Å². The van der Waals surface area contributed by atoms with E-state index >= 15 is 0 Å². The molecule has 2 N–H and O–H groups in total. The summed E-state index contributed by atoms with van der Waals surface area (Å²) in [4.78, 5) is 12.5.